The topological polar surface area (TPSA) is 41.1 Å². The highest BCUT2D eigenvalue weighted by Crippen LogP contribution is 2.21. The molecule has 2 rings (SSSR count). The van der Waals surface area contributed by atoms with Crippen LogP contribution in [0.15, 0.2) is 0 Å². The van der Waals surface area contributed by atoms with Crippen LogP contribution in [0, 0.1) is 5.92 Å². The van der Waals surface area contributed by atoms with Crippen LogP contribution in [-0.4, -0.2) is 25.0 Å². The number of rotatable bonds is 3. The third kappa shape index (κ3) is 4.30. The molecular formula is C14H26N2O. The van der Waals surface area contributed by atoms with Gasteiger partial charge in [-0.2, -0.15) is 0 Å². The molecule has 1 saturated heterocycles. The van der Waals surface area contributed by atoms with Crippen LogP contribution in [0.2, 0.25) is 0 Å². The minimum absolute atomic E-state index is 0.0780. The Bertz CT molecular complexity index is 234. The van der Waals surface area contributed by atoms with Crippen LogP contribution in [0.1, 0.15) is 57.8 Å². The van der Waals surface area contributed by atoms with E-state index < -0.39 is 0 Å². The number of amides is 1. The maximum Gasteiger partial charge on any atom is 0.237 e. The summed E-state index contributed by atoms with van der Waals surface area (Å²) in [5.74, 6) is 1.01. The number of nitrogens with one attached hydrogen (secondary N) is 2. The van der Waals surface area contributed by atoms with Gasteiger partial charge in [0.05, 0.1) is 6.04 Å². The van der Waals surface area contributed by atoms with E-state index in [0.29, 0.717) is 0 Å². The number of carbonyl (C=O) groups is 1. The van der Waals surface area contributed by atoms with Crippen LogP contribution in [0.25, 0.3) is 0 Å². The summed E-state index contributed by atoms with van der Waals surface area (Å²) < 4.78 is 0. The fourth-order valence-electron chi connectivity index (χ4n) is 3.02. The van der Waals surface area contributed by atoms with Crippen LogP contribution >= 0.6 is 0 Å². The summed E-state index contributed by atoms with van der Waals surface area (Å²) in [6, 6.07) is 0.0780. The molecule has 1 atom stereocenters. The van der Waals surface area contributed by atoms with Crippen molar-refractivity contribution in [3.63, 3.8) is 0 Å². The van der Waals surface area contributed by atoms with E-state index in [4.69, 9.17) is 0 Å². The zero-order chi connectivity index (χ0) is 11.9. The van der Waals surface area contributed by atoms with E-state index in [0.717, 1.165) is 31.8 Å². The molecule has 0 radical (unpaired) electrons. The van der Waals surface area contributed by atoms with Gasteiger partial charge in [-0.25, -0.2) is 0 Å². The van der Waals surface area contributed by atoms with Crippen molar-refractivity contribution in [1.29, 1.82) is 0 Å². The fourth-order valence-corrected chi connectivity index (χ4v) is 3.02. The Balaban J connectivity index is 1.70. The van der Waals surface area contributed by atoms with Crippen LogP contribution in [0.4, 0.5) is 0 Å². The summed E-state index contributed by atoms with van der Waals surface area (Å²) in [6.45, 7) is 1.90. The summed E-state index contributed by atoms with van der Waals surface area (Å²) >= 11 is 0. The van der Waals surface area contributed by atoms with E-state index in [-0.39, 0.29) is 11.9 Å². The van der Waals surface area contributed by atoms with Gasteiger partial charge in [-0.3, -0.25) is 4.79 Å². The fraction of sp³-hybridized carbons (Fsp3) is 0.929. The van der Waals surface area contributed by atoms with Crippen molar-refractivity contribution in [2.75, 3.05) is 13.1 Å². The van der Waals surface area contributed by atoms with Crippen molar-refractivity contribution in [3.05, 3.63) is 0 Å². The predicted molar refractivity (Wildman–Crippen MR) is 69.8 cm³/mol. The normalized spacial score (nSPS) is 28.2. The summed E-state index contributed by atoms with van der Waals surface area (Å²) in [4.78, 5) is 11.6. The molecule has 3 heteroatoms. The molecule has 0 bridgehead atoms. The van der Waals surface area contributed by atoms with Gasteiger partial charge < -0.3 is 10.6 Å². The first kappa shape index (κ1) is 12.9. The highest BCUT2D eigenvalue weighted by molar-refractivity contribution is 5.82. The quantitative estimate of drug-likeness (QED) is 0.791. The molecule has 1 aliphatic heterocycles. The molecule has 1 amide bonds. The van der Waals surface area contributed by atoms with Gasteiger partial charge in [0.1, 0.15) is 0 Å². The molecule has 1 unspecified atom stereocenters. The molecule has 2 fully saturated rings. The van der Waals surface area contributed by atoms with Crippen molar-refractivity contribution in [2.24, 2.45) is 5.92 Å². The molecule has 3 nitrogen and oxygen atoms in total. The summed E-state index contributed by atoms with van der Waals surface area (Å²) in [5, 5.41) is 6.42. The molecule has 0 aromatic rings. The van der Waals surface area contributed by atoms with Crippen LogP contribution in [0.5, 0.6) is 0 Å². The Hall–Kier alpha value is -0.570. The molecular weight excluding hydrogens is 212 g/mol. The number of carbonyl (C=O) groups excluding carboxylic acids is 1. The first-order valence-electron chi connectivity index (χ1n) is 7.37. The first-order chi connectivity index (χ1) is 8.36. The third-order valence-electron chi connectivity index (χ3n) is 4.16. The van der Waals surface area contributed by atoms with E-state index in [2.05, 4.69) is 10.6 Å². The lowest BCUT2D eigenvalue weighted by molar-refractivity contribution is -0.124. The second-order valence-corrected chi connectivity index (χ2v) is 5.61. The minimum atomic E-state index is 0.0780. The molecule has 17 heavy (non-hydrogen) atoms. The maximum absolute atomic E-state index is 11.6. The Morgan fingerprint density at radius 1 is 1.00 bits per heavy atom. The first-order valence-corrected chi connectivity index (χ1v) is 7.37. The lowest BCUT2D eigenvalue weighted by Gasteiger charge is -2.26. The monoisotopic (exact) mass is 238 g/mol. The molecule has 2 aliphatic rings. The van der Waals surface area contributed by atoms with Gasteiger partial charge in [0.2, 0.25) is 5.91 Å². The molecule has 1 aliphatic carbocycles. The minimum Gasteiger partial charge on any atom is -0.355 e. The average molecular weight is 238 g/mol. The SMILES string of the molecule is O=C1NCCCC1NCC1CCCCCCC1. The Labute approximate surface area is 105 Å². The number of hydrogen-bond acceptors (Lipinski definition) is 2. The maximum atomic E-state index is 11.6. The second kappa shape index (κ2) is 7.00. The average Bonchev–Trinajstić information content (AvgIpc) is 2.29. The van der Waals surface area contributed by atoms with Gasteiger partial charge in [0.15, 0.2) is 0 Å². The van der Waals surface area contributed by atoms with E-state index in [1.54, 1.807) is 0 Å². The number of piperidine rings is 1. The molecule has 2 N–H and O–H groups in total. The van der Waals surface area contributed by atoms with Gasteiger partial charge in [0, 0.05) is 6.54 Å². The van der Waals surface area contributed by atoms with Crippen molar-refractivity contribution in [2.45, 2.75) is 63.8 Å². The van der Waals surface area contributed by atoms with Crippen molar-refractivity contribution < 1.29 is 4.79 Å². The summed E-state index contributed by atoms with van der Waals surface area (Å²) in [5.41, 5.74) is 0. The largest absolute Gasteiger partial charge is 0.355 e. The number of hydrogen-bond donors (Lipinski definition) is 2. The second-order valence-electron chi connectivity index (χ2n) is 5.61. The standard InChI is InChI=1S/C14H26N2O/c17-14-13(9-6-10-15-14)16-11-12-7-4-2-1-3-5-8-12/h12-13,16H,1-11H2,(H,15,17). The highest BCUT2D eigenvalue weighted by Gasteiger charge is 2.22. The highest BCUT2D eigenvalue weighted by atomic mass is 16.2. The lowest BCUT2D eigenvalue weighted by Crippen LogP contribution is -2.49. The van der Waals surface area contributed by atoms with E-state index in [1.807, 2.05) is 0 Å². The lowest BCUT2D eigenvalue weighted by atomic mass is 9.91. The molecule has 0 aromatic heterocycles. The Morgan fingerprint density at radius 2 is 1.71 bits per heavy atom. The molecule has 1 saturated carbocycles. The zero-order valence-corrected chi connectivity index (χ0v) is 10.8. The third-order valence-corrected chi connectivity index (χ3v) is 4.16. The molecule has 98 valence electrons. The Morgan fingerprint density at radius 3 is 2.41 bits per heavy atom. The summed E-state index contributed by atoms with van der Waals surface area (Å²) in [7, 11) is 0. The molecule has 0 spiro atoms. The zero-order valence-electron chi connectivity index (χ0n) is 10.8. The van der Waals surface area contributed by atoms with Gasteiger partial charge >= 0.3 is 0 Å². The van der Waals surface area contributed by atoms with Crippen LogP contribution in [-0.2, 0) is 4.79 Å². The van der Waals surface area contributed by atoms with E-state index in [1.165, 1.54) is 44.9 Å². The van der Waals surface area contributed by atoms with Gasteiger partial charge in [0.25, 0.3) is 0 Å². The van der Waals surface area contributed by atoms with Gasteiger partial charge in [-0.1, -0.05) is 32.1 Å². The summed E-state index contributed by atoms with van der Waals surface area (Å²) in [6.07, 6.45) is 11.8. The van der Waals surface area contributed by atoms with Crippen molar-refractivity contribution >= 4 is 5.91 Å². The van der Waals surface area contributed by atoms with Gasteiger partial charge in [-0.15, -0.1) is 0 Å². The van der Waals surface area contributed by atoms with Crippen LogP contribution in [0.3, 0.4) is 0 Å². The smallest absolute Gasteiger partial charge is 0.237 e. The van der Waals surface area contributed by atoms with E-state index in [9.17, 15) is 4.79 Å². The van der Waals surface area contributed by atoms with Crippen molar-refractivity contribution in [3.8, 4) is 0 Å². The molecule has 1 heterocycles. The van der Waals surface area contributed by atoms with E-state index >= 15 is 0 Å². The van der Waals surface area contributed by atoms with Crippen LogP contribution < -0.4 is 10.6 Å². The van der Waals surface area contributed by atoms with Gasteiger partial charge in [-0.05, 0) is 38.1 Å². The Kier molecular flexibility index (Phi) is 5.30. The predicted octanol–water partition coefficient (Wildman–Crippen LogP) is 2.22. The molecule has 0 aromatic carbocycles. The van der Waals surface area contributed by atoms with Crippen molar-refractivity contribution in [1.82, 2.24) is 10.6 Å².